The molecular weight excluding hydrogens is 318 g/mol. The van der Waals surface area contributed by atoms with Gasteiger partial charge in [0.1, 0.15) is 0 Å². The Balaban J connectivity index is 1.38. The Morgan fingerprint density at radius 2 is 1.65 bits per heavy atom. The number of fused-ring (bicyclic) bond motifs is 1. The van der Waals surface area contributed by atoms with Crippen molar-refractivity contribution in [1.29, 1.82) is 0 Å². The van der Waals surface area contributed by atoms with Gasteiger partial charge in [-0.2, -0.15) is 0 Å². The minimum absolute atomic E-state index is 0.416. The first-order valence-electron chi connectivity index (χ1n) is 9.44. The van der Waals surface area contributed by atoms with Crippen LogP contribution in [0.25, 0.3) is 16.3 Å². The molecule has 0 saturated heterocycles. The van der Waals surface area contributed by atoms with Crippen LogP contribution in [0.2, 0.25) is 0 Å². The summed E-state index contributed by atoms with van der Waals surface area (Å²) in [6.07, 6.45) is 3.76. The Hall–Kier alpha value is -2.42. The highest BCUT2D eigenvalue weighted by atomic mass is 16.3. The topological polar surface area (TPSA) is 23.5 Å². The van der Waals surface area contributed by atoms with Crippen LogP contribution in [0.5, 0.6) is 0 Å². The number of benzene rings is 3. The average molecular weight is 343 g/mol. The molecule has 1 aliphatic heterocycles. The molecule has 0 saturated carbocycles. The highest BCUT2D eigenvalue weighted by molar-refractivity contribution is 5.85. The minimum Gasteiger partial charge on any atom is -0.388 e. The number of hydrogen-bond acceptors (Lipinski definition) is 2. The molecule has 1 atom stereocenters. The molecule has 0 aliphatic carbocycles. The summed E-state index contributed by atoms with van der Waals surface area (Å²) >= 11 is 0. The molecule has 1 heterocycles. The third kappa shape index (κ3) is 3.72. The van der Waals surface area contributed by atoms with E-state index in [9.17, 15) is 5.11 Å². The lowest BCUT2D eigenvalue weighted by Crippen LogP contribution is -2.30. The van der Waals surface area contributed by atoms with Crippen molar-refractivity contribution in [2.75, 3.05) is 19.6 Å². The Morgan fingerprint density at radius 1 is 0.885 bits per heavy atom. The first-order valence-corrected chi connectivity index (χ1v) is 9.44. The standard InChI is InChI=1S/C24H25NO/c26-24(23-12-6-10-21-9-4-5-11-22(21)23)15-18-25-16-13-20(14-17-25)19-7-2-1-3-8-19/h1-13,24,26H,14-18H2. The van der Waals surface area contributed by atoms with Gasteiger partial charge in [-0.1, -0.05) is 78.9 Å². The maximum absolute atomic E-state index is 10.7. The van der Waals surface area contributed by atoms with Crippen LogP contribution >= 0.6 is 0 Å². The number of aliphatic hydroxyl groups is 1. The molecule has 1 N–H and O–H groups in total. The van der Waals surface area contributed by atoms with E-state index in [4.69, 9.17) is 0 Å². The maximum Gasteiger partial charge on any atom is 0.0808 e. The Bertz CT molecular complexity index is 895. The molecule has 0 bridgehead atoms. The van der Waals surface area contributed by atoms with Gasteiger partial charge >= 0.3 is 0 Å². The van der Waals surface area contributed by atoms with Crippen LogP contribution in [0, 0.1) is 0 Å². The molecule has 3 aromatic rings. The lowest BCUT2D eigenvalue weighted by atomic mass is 9.97. The number of nitrogens with zero attached hydrogens (tertiary/aromatic N) is 1. The van der Waals surface area contributed by atoms with Crippen LogP contribution in [-0.4, -0.2) is 29.6 Å². The van der Waals surface area contributed by atoms with Gasteiger partial charge in [0, 0.05) is 19.6 Å². The fourth-order valence-electron chi connectivity index (χ4n) is 3.83. The summed E-state index contributed by atoms with van der Waals surface area (Å²) in [6.45, 7) is 2.94. The second-order valence-corrected chi connectivity index (χ2v) is 7.02. The molecule has 26 heavy (non-hydrogen) atoms. The molecule has 0 aromatic heterocycles. The molecule has 132 valence electrons. The zero-order chi connectivity index (χ0) is 17.8. The third-order valence-corrected chi connectivity index (χ3v) is 5.34. The summed E-state index contributed by atoms with van der Waals surface area (Å²) in [6, 6.07) is 25.1. The number of hydrogen-bond donors (Lipinski definition) is 1. The number of rotatable bonds is 5. The highest BCUT2D eigenvalue weighted by Crippen LogP contribution is 2.27. The zero-order valence-corrected chi connectivity index (χ0v) is 15.0. The molecule has 0 radical (unpaired) electrons. The second kappa shape index (κ2) is 7.86. The Labute approximate surface area is 155 Å². The number of aliphatic hydroxyl groups excluding tert-OH is 1. The first-order chi connectivity index (χ1) is 12.8. The molecule has 2 heteroatoms. The Morgan fingerprint density at radius 3 is 2.46 bits per heavy atom. The fraction of sp³-hybridized carbons (Fsp3) is 0.250. The molecule has 4 rings (SSSR count). The van der Waals surface area contributed by atoms with E-state index in [1.807, 2.05) is 18.2 Å². The molecular formula is C24H25NO. The third-order valence-electron chi connectivity index (χ3n) is 5.34. The van der Waals surface area contributed by atoms with Gasteiger partial charge in [-0.3, -0.25) is 4.90 Å². The van der Waals surface area contributed by atoms with E-state index in [1.54, 1.807) is 0 Å². The van der Waals surface area contributed by atoms with Crippen molar-refractivity contribution < 1.29 is 5.11 Å². The van der Waals surface area contributed by atoms with Gasteiger partial charge in [-0.15, -0.1) is 0 Å². The molecule has 0 amide bonds. The van der Waals surface area contributed by atoms with Crippen LogP contribution < -0.4 is 0 Å². The normalized spacial score (nSPS) is 16.4. The largest absolute Gasteiger partial charge is 0.388 e. The zero-order valence-electron chi connectivity index (χ0n) is 15.0. The molecule has 3 aromatic carbocycles. The van der Waals surface area contributed by atoms with Crippen molar-refractivity contribution in [3.8, 4) is 0 Å². The summed E-state index contributed by atoms with van der Waals surface area (Å²) < 4.78 is 0. The van der Waals surface area contributed by atoms with Gasteiger partial charge in [0.25, 0.3) is 0 Å². The average Bonchev–Trinajstić information content (AvgIpc) is 2.72. The first kappa shape index (κ1) is 17.0. The molecule has 2 nitrogen and oxygen atoms in total. The molecule has 0 fully saturated rings. The van der Waals surface area contributed by atoms with Crippen LogP contribution in [0.3, 0.4) is 0 Å². The molecule has 0 spiro atoms. The van der Waals surface area contributed by atoms with Crippen molar-refractivity contribution in [2.24, 2.45) is 0 Å². The second-order valence-electron chi connectivity index (χ2n) is 7.02. The van der Waals surface area contributed by atoms with Crippen LogP contribution in [0.4, 0.5) is 0 Å². The Kier molecular flexibility index (Phi) is 5.14. The van der Waals surface area contributed by atoms with E-state index < -0.39 is 6.10 Å². The van der Waals surface area contributed by atoms with E-state index in [1.165, 1.54) is 16.5 Å². The minimum atomic E-state index is -0.416. The van der Waals surface area contributed by atoms with Gasteiger partial charge in [-0.25, -0.2) is 0 Å². The smallest absolute Gasteiger partial charge is 0.0808 e. The van der Waals surface area contributed by atoms with Crippen molar-refractivity contribution in [2.45, 2.75) is 18.9 Å². The van der Waals surface area contributed by atoms with E-state index in [2.05, 4.69) is 65.6 Å². The molecule has 1 aliphatic rings. The van der Waals surface area contributed by atoms with E-state index >= 15 is 0 Å². The van der Waals surface area contributed by atoms with E-state index in [0.717, 1.165) is 43.4 Å². The van der Waals surface area contributed by atoms with Crippen molar-refractivity contribution in [1.82, 2.24) is 4.90 Å². The maximum atomic E-state index is 10.7. The van der Waals surface area contributed by atoms with E-state index in [0.29, 0.717) is 0 Å². The lowest BCUT2D eigenvalue weighted by molar-refractivity contribution is 0.146. The van der Waals surface area contributed by atoms with Crippen LogP contribution in [0.1, 0.15) is 30.1 Å². The monoisotopic (exact) mass is 343 g/mol. The highest BCUT2D eigenvalue weighted by Gasteiger charge is 2.16. The lowest BCUT2D eigenvalue weighted by Gasteiger charge is -2.27. The quantitative estimate of drug-likeness (QED) is 0.700. The fourth-order valence-corrected chi connectivity index (χ4v) is 3.83. The van der Waals surface area contributed by atoms with E-state index in [-0.39, 0.29) is 0 Å². The predicted octanol–water partition coefficient (Wildman–Crippen LogP) is 5.05. The van der Waals surface area contributed by atoms with Gasteiger partial charge in [-0.05, 0) is 40.3 Å². The summed E-state index contributed by atoms with van der Waals surface area (Å²) in [5, 5.41) is 13.1. The SMILES string of the molecule is OC(CCN1CC=C(c2ccccc2)CC1)c1cccc2ccccc12. The van der Waals surface area contributed by atoms with Crippen molar-refractivity contribution in [3.05, 3.63) is 90.0 Å². The van der Waals surface area contributed by atoms with Crippen molar-refractivity contribution in [3.63, 3.8) is 0 Å². The summed E-state index contributed by atoms with van der Waals surface area (Å²) in [5.41, 5.74) is 3.82. The summed E-state index contributed by atoms with van der Waals surface area (Å²) in [4.78, 5) is 2.43. The van der Waals surface area contributed by atoms with Gasteiger partial charge in [0.05, 0.1) is 6.10 Å². The summed E-state index contributed by atoms with van der Waals surface area (Å²) in [7, 11) is 0. The van der Waals surface area contributed by atoms with Crippen molar-refractivity contribution >= 4 is 16.3 Å². The van der Waals surface area contributed by atoms with Gasteiger partial charge in [0.2, 0.25) is 0 Å². The molecule has 1 unspecified atom stereocenters. The predicted molar refractivity (Wildman–Crippen MR) is 109 cm³/mol. The van der Waals surface area contributed by atoms with Crippen LogP contribution in [0.15, 0.2) is 78.9 Å². The van der Waals surface area contributed by atoms with Gasteiger partial charge in [0.15, 0.2) is 0 Å². The van der Waals surface area contributed by atoms with Crippen LogP contribution in [-0.2, 0) is 0 Å². The summed E-state index contributed by atoms with van der Waals surface area (Å²) in [5.74, 6) is 0. The van der Waals surface area contributed by atoms with Gasteiger partial charge < -0.3 is 5.11 Å².